The fraction of sp³-hybridized carbons (Fsp3) is 0.188. The molecule has 0 radical (unpaired) electrons. The summed E-state index contributed by atoms with van der Waals surface area (Å²) in [5.74, 6) is 0.424. The third-order valence-electron chi connectivity index (χ3n) is 3.48. The Morgan fingerprint density at radius 1 is 1.35 bits per heavy atom. The molecule has 26 heavy (non-hydrogen) atoms. The zero-order valence-electron chi connectivity index (χ0n) is 13.8. The molecule has 0 unspecified atom stereocenters. The smallest absolute Gasteiger partial charge is 0.348 e. The number of fused-ring (bicyclic) bond motifs is 1. The van der Waals surface area contributed by atoms with Crippen molar-refractivity contribution in [3.05, 3.63) is 35.2 Å². The second kappa shape index (κ2) is 6.89. The fourth-order valence-electron chi connectivity index (χ4n) is 2.34. The van der Waals surface area contributed by atoms with Gasteiger partial charge in [-0.25, -0.2) is 14.8 Å². The van der Waals surface area contributed by atoms with Crippen LogP contribution in [0, 0.1) is 6.92 Å². The summed E-state index contributed by atoms with van der Waals surface area (Å²) in [7, 11) is 0. The summed E-state index contributed by atoms with van der Waals surface area (Å²) < 4.78 is 16.0. The van der Waals surface area contributed by atoms with Gasteiger partial charge in [0.25, 0.3) is 11.1 Å². The summed E-state index contributed by atoms with van der Waals surface area (Å²) in [4.78, 5) is 21.9. The molecule has 0 saturated heterocycles. The molecule has 0 aromatic carbocycles. The SMILES string of the molecule is CCOC(=O)c1sc2ncnc(Sc3nnc(-c4ccco4)o3)c2c1C. The van der Waals surface area contributed by atoms with Crippen LogP contribution in [0.1, 0.15) is 22.2 Å². The Morgan fingerprint density at radius 2 is 2.23 bits per heavy atom. The molecule has 0 amide bonds. The topological polar surface area (TPSA) is 104 Å². The van der Waals surface area contributed by atoms with Crippen molar-refractivity contribution in [3.63, 3.8) is 0 Å². The van der Waals surface area contributed by atoms with Crippen molar-refractivity contribution in [2.24, 2.45) is 0 Å². The molecule has 4 rings (SSSR count). The molecule has 0 aliphatic heterocycles. The minimum absolute atomic E-state index is 0.289. The lowest BCUT2D eigenvalue weighted by Gasteiger charge is -2.01. The normalized spacial score (nSPS) is 11.2. The molecular formula is C16H12N4O4S2. The van der Waals surface area contributed by atoms with Gasteiger partial charge in [-0.05, 0) is 43.3 Å². The highest BCUT2D eigenvalue weighted by Gasteiger charge is 2.22. The number of aryl methyl sites for hydroxylation is 1. The Morgan fingerprint density at radius 3 is 3.00 bits per heavy atom. The van der Waals surface area contributed by atoms with Crippen LogP contribution in [0.15, 0.2) is 43.8 Å². The van der Waals surface area contributed by atoms with E-state index in [4.69, 9.17) is 13.6 Å². The Bertz CT molecular complexity index is 1070. The number of esters is 1. The first-order valence-electron chi connectivity index (χ1n) is 7.63. The predicted molar refractivity (Wildman–Crippen MR) is 94.2 cm³/mol. The van der Waals surface area contributed by atoms with Crippen molar-refractivity contribution in [2.45, 2.75) is 24.1 Å². The van der Waals surface area contributed by atoms with Gasteiger partial charge < -0.3 is 13.6 Å². The van der Waals surface area contributed by atoms with Gasteiger partial charge >= 0.3 is 5.97 Å². The van der Waals surface area contributed by atoms with E-state index in [2.05, 4.69) is 20.2 Å². The van der Waals surface area contributed by atoms with Gasteiger partial charge in [-0.3, -0.25) is 0 Å². The number of furan rings is 1. The Hall–Kier alpha value is -2.72. The maximum Gasteiger partial charge on any atom is 0.348 e. The van der Waals surface area contributed by atoms with Crippen LogP contribution in [0.25, 0.3) is 21.9 Å². The van der Waals surface area contributed by atoms with Crippen LogP contribution in [0.4, 0.5) is 0 Å². The second-order valence-corrected chi connectivity index (χ2v) is 7.03. The van der Waals surface area contributed by atoms with Crippen molar-refractivity contribution < 1.29 is 18.4 Å². The molecule has 4 aromatic rings. The minimum atomic E-state index is -0.359. The molecule has 4 aromatic heterocycles. The van der Waals surface area contributed by atoms with Gasteiger partial charge in [0.1, 0.15) is 21.1 Å². The first kappa shape index (κ1) is 16.7. The zero-order valence-corrected chi connectivity index (χ0v) is 15.4. The van der Waals surface area contributed by atoms with Gasteiger partial charge in [-0.1, -0.05) is 0 Å². The molecule has 0 aliphatic rings. The number of aromatic nitrogens is 4. The van der Waals surface area contributed by atoms with Gasteiger partial charge in [-0.15, -0.1) is 21.5 Å². The van der Waals surface area contributed by atoms with Crippen LogP contribution in [-0.2, 0) is 4.74 Å². The molecule has 0 fully saturated rings. The van der Waals surface area contributed by atoms with E-state index in [-0.39, 0.29) is 11.9 Å². The van der Waals surface area contributed by atoms with Crippen LogP contribution in [0.2, 0.25) is 0 Å². The number of ether oxygens (including phenoxy) is 1. The lowest BCUT2D eigenvalue weighted by Crippen LogP contribution is -2.03. The highest BCUT2D eigenvalue weighted by Crippen LogP contribution is 2.38. The van der Waals surface area contributed by atoms with Crippen molar-refractivity contribution in [2.75, 3.05) is 6.61 Å². The molecule has 0 saturated carbocycles. The average Bonchev–Trinajstić information content (AvgIpc) is 3.35. The van der Waals surface area contributed by atoms with E-state index in [0.29, 0.717) is 32.3 Å². The quantitative estimate of drug-likeness (QED) is 0.371. The molecule has 0 atom stereocenters. The third kappa shape index (κ3) is 2.97. The van der Waals surface area contributed by atoms with E-state index in [0.717, 1.165) is 10.9 Å². The van der Waals surface area contributed by atoms with Gasteiger partial charge in [0, 0.05) is 5.39 Å². The molecule has 8 nitrogen and oxygen atoms in total. The van der Waals surface area contributed by atoms with Crippen molar-refractivity contribution in [1.29, 1.82) is 0 Å². The highest BCUT2D eigenvalue weighted by atomic mass is 32.2. The van der Waals surface area contributed by atoms with Gasteiger partial charge in [0.15, 0.2) is 5.76 Å². The fourth-order valence-corrected chi connectivity index (χ4v) is 4.27. The van der Waals surface area contributed by atoms with Crippen LogP contribution in [0.3, 0.4) is 0 Å². The number of nitrogens with zero attached hydrogens (tertiary/aromatic N) is 4. The number of carbonyl (C=O) groups is 1. The number of rotatable bonds is 5. The Balaban J connectivity index is 1.70. The van der Waals surface area contributed by atoms with Gasteiger partial charge in [0.05, 0.1) is 12.9 Å². The zero-order chi connectivity index (χ0) is 18.1. The molecule has 0 N–H and O–H groups in total. The van der Waals surface area contributed by atoms with Crippen molar-refractivity contribution in [3.8, 4) is 11.7 Å². The summed E-state index contributed by atoms with van der Waals surface area (Å²) in [5, 5.41) is 9.72. The first-order valence-corrected chi connectivity index (χ1v) is 9.27. The number of thiophene rings is 1. The molecule has 4 heterocycles. The lowest BCUT2D eigenvalue weighted by atomic mass is 10.2. The van der Waals surface area contributed by atoms with Crippen molar-refractivity contribution in [1.82, 2.24) is 20.2 Å². The molecule has 132 valence electrons. The lowest BCUT2D eigenvalue weighted by molar-refractivity contribution is 0.0531. The van der Waals surface area contributed by atoms with Crippen molar-refractivity contribution >= 4 is 39.3 Å². The van der Waals surface area contributed by atoms with Crippen LogP contribution in [-0.4, -0.2) is 32.7 Å². The third-order valence-corrected chi connectivity index (χ3v) is 5.50. The maximum atomic E-state index is 12.1. The van der Waals surface area contributed by atoms with E-state index in [9.17, 15) is 4.79 Å². The monoisotopic (exact) mass is 388 g/mol. The average molecular weight is 388 g/mol. The van der Waals surface area contributed by atoms with E-state index in [1.807, 2.05) is 6.92 Å². The molecular weight excluding hydrogens is 376 g/mol. The standard InChI is InChI=1S/C16H12N4O4S2/c1-3-22-15(21)11-8(2)10-13(25-11)17-7-18-14(10)26-16-20-19-12(24-16)9-5-4-6-23-9/h4-7H,3H2,1-2H3. The van der Waals surface area contributed by atoms with E-state index >= 15 is 0 Å². The predicted octanol–water partition coefficient (Wildman–Crippen LogP) is 3.97. The Labute approximate surface area is 155 Å². The highest BCUT2D eigenvalue weighted by molar-refractivity contribution is 7.99. The van der Waals surface area contributed by atoms with E-state index in [1.54, 1.807) is 19.1 Å². The largest absolute Gasteiger partial charge is 0.462 e. The molecule has 0 spiro atoms. The number of carbonyl (C=O) groups excluding carboxylic acids is 1. The summed E-state index contributed by atoms with van der Waals surface area (Å²) in [6, 6.07) is 3.48. The van der Waals surface area contributed by atoms with Crippen LogP contribution >= 0.6 is 23.1 Å². The minimum Gasteiger partial charge on any atom is -0.462 e. The van der Waals surface area contributed by atoms with E-state index < -0.39 is 0 Å². The molecule has 10 heteroatoms. The first-order chi connectivity index (χ1) is 12.7. The second-order valence-electron chi connectivity index (χ2n) is 5.09. The van der Waals surface area contributed by atoms with Gasteiger partial charge in [-0.2, -0.15) is 0 Å². The molecule has 0 bridgehead atoms. The summed E-state index contributed by atoms with van der Waals surface area (Å²) >= 11 is 2.49. The maximum absolute atomic E-state index is 12.1. The molecule has 0 aliphatic carbocycles. The van der Waals surface area contributed by atoms with Crippen LogP contribution in [0.5, 0.6) is 0 Å². The summed E-state index contributed by atoms with van der Waals surface area (Å²) in [6.45, 7) is 3.94. The Kier molecular flexibility index (Phi) is 4.43. The van der Waals surface area contributed by atoms with Crippen LogP contribution < -0.4 is 0 Å². The van der Waals surface area contributed by atoms with Gasteiger partial charge in [0.2, 0.25) is 0 Å². The summed E-state index contributed by atoms with van der Waals surface area (Å²) in [6.07, 6.45) is 2.98. The van der Waals surface area contributed by atoms with E-state index in [1.165, 1.54) is 35.7 Å². The number of hydrogen-bond acceptors (Lipinski definition) is 10. The number of hydrogen-bond donors (Lipinski definition) is 0. The summed E-state index contributed by atoms with van der Waals surface area (Å²) in [5.41, 5.74) is 0.775.